The Morgan fingerprint density at radius 1 is 1.10 bits per heavy atom. The predicted molar refractivity (Wildman–Crippen MR) is 118 cm³/mol. The highest BCUT2D eigenvalue weighted by Gasteiger charge is 2.12. The zero-order chi connectivity index (χ0) is 22.3. The largest absolute Gasteiger partial charge is 0.497 e. The van der Waals surface area contributed by atoms with Crippen molar-refractivity contribution >= 4 is 33.4 Å². The van der Waals surface area contributed by atoms with Crippen LogP contribution in [0.1, 0.15) is 12.5 Å². The number of carbonyl (C=O) groups excluding carboxylic acids is 1. The Morgan fingerprint density at radius 3 is 2.45 bits per heavy atom. The summed E-state index contributed by atoms with van der Waals surface area (Å²) in [5, 5.41) is 11.0. The number of ether oxygens (including phenoxy) is 1. The van der Waals surface area contributed by atoms with Crippen LogP contribution in [0, 0.1) is 0 Å². The normalized spacial score (nSPS) is 11.2. The second-order valence-corrected chi connectivity index (χ2v) is 9.31. The number of methoxy groups -OCH3 is 1. The molecule has 164 valence electrons. The number of amides is 1. The number of anilines is 1. The van der Waals surface area contributed by atoms with Crippen molar-refractivity contribution < 1.29 is 22.4 Å². The third kappa shape index (κ3) is 6.72. The van der Waals surface area contributed by atoms with Gasteiger partial charge in [-0.3, -0.25) is 9.52 Å². The highest BCUT2D eigenvalue weighted by Crippen LogP contribution is 2.24. The van der Waals surface area contributed by atoms with Gasteiger partial charge in [0.1, 0.15) is 5.75 Å². The van der Waals surface area contributed by atoms with Gasteiger partial charge in [0.15, 0.2) is 0 Å². The van der Waals surface area contributed by atoms with Crippen LogP contribution in [0.25, 0.3) is 11.5 Å². The predicted octanol–water partition coefficient (Wildman–Crippen LogP) is 2.92. The molecule has 0 bridgehead atoms. The lowest BCUT2D eigenvalue weighted by Gasteiger charge is -2.06. The van der Waals surface area contributed by atoms with E-state index in [2.05, 4.69) is 20.2 Å². The van der Waals surface area contributed by atoms with Crippen LogP contribution in [0.4, 0.5) is 5.69 Å². The van der Waals surface area contributed by atoms with Crippen LogP contribution in [-0.4, -0.2) is 43.1 Å². The Bertz CT molecular complexity index is 1110. The smallest absolute Gasteiger partial charge is 0.277 e. The van der Waals surface area contributed by atoms with Gasteiger partial charge in [-0.15, -0.1) is 10.2 Å². The van der Waals surface area contributed by atoms with Gasteiger partial charge in [0.25, 0.3) is 5.22 Å². The molecule has 0 atom stereocenters. The number of nitrogens with zero attached hydrogens (tertiary/aromatic N) is 2. The molecule has 0 aliphatic rings. The number of aromatic nitrogens is 2. The minimum atomic E-state index is -3.34. The molecule has 1 aromatic heterocycles. The van der Waals surface area contributed by atoms with Gasteiger partial charge in [-0.2, -0.15) is 0 Å². The van der Waals surface area contributed by atoms with Gasteiger partial charge in [-0.25, -0.2) is 8.42 Å². The van der Waals surface area contributed by atoms with Crippen molar-refractivity contribution in [2.24, 2.45) is 0 Å². The summed E-state index contributed by atoms with van der Waals surface area (Å²) in [7, 11) is -1.73. The van der Waals surface area contributed by atoms with Crippen LogP contribution in [0.2, 0.25) is 0 Å². The van der Waals surface area contributed by atoms with Crippen LogP contribution in [0.3, 0.4) is 0 Å². The zero-order valence-corrected chi connectivity index (χ0v) is 18.6. The number of rotatable bonds is 10. The molecule has 9 nitrogen and oxygen atoms in total. The number of thioether (sulfide) groups is 1. The maximum atomic E-state index is 12.1. The first-order valence-corrected chi connectivity index (χ1v) is 12.0. The summed E-state index contributed by atoms with van der Waals surface area (Å²) < 4.78 is 36.4. The van der Waals surface area contributed by atoms with Crippen molar-refractivity contribution in [2.45, 2.75) is 18.7 Å². The maximum Gasteiger partial charge on any atom is 0.277 e. The molecular weight excluding hydrogens is 440 g/mol. The fourth-order valence-electron chi connectivity index (χ4n) is 2.44. The van der Waals surface area contributed by atoms with Gasteiger partial charge in [0, 0.05) is 17.8 Å². The molecule has 11 heteroatoms. The molecule has 0 aliphatic carbocycles. The molecule has 0 saturated carbocycles. The molecule has 1 amide bonds. The van der Waals surface area contributed by atoms with Gasteiger partial charge in [-0.05, 0) is 48.9 Å². The van der Waals surface area contributed by atoms with Gasteiger partial charge in [-0.1, -0.05) is 23.9 Å². The van der Waals surface area contributed by atoms with E-state index in [4.69, 9.17) is 9.15 Å². The van der Waals surface area contributed by atoms with E-state index in [1.807, 2.05) is 24.3 Å². The van der Waals surface area contributed by atoms with Crippen molar-refractivity contribution in [1.82, 2.24) is 15.5 Å². The summed E-state index contributed by atoms with van der Waals surface area (Å²) in [5.74, 6) is 1.01. The highest BCUT2D eigenvalue weighted by molar-refractivity contribution is 7.99. The average molecular weight is 463 g/mol. The Morgan fingerprint density at radius 2 is 1.81 bits per heavy atom. The summed E-state index contributed by atoms with van der Waals surface area (Å²) in [6, 6.07) is 14.0. The summed E-state index contributed by atoms with van der Waals surface area (Å²) in [6.45, 7) is 1.97. The number of sulfonamides is 1. The van der Waals surface area contributed by atoms with Crippen LogP contribution in [0.15, 0.2) is 58.2 Å². The minimum Gasteiger partial charge on any atom is -0.497 e. The fraction of sp³-hybridized carbons (Fsp3) is 0.250. The Hall–Kier alpha value is -3.05. The summed E-state index contributed by atoms with van der Waals surface area (Å²) >= 11 is 1.14. The molecule has 0 saturated heterocycles. The van der Waals surface area contributed by atoms with Crippen molar-refractivity contribution in [3.63, 3.8) is 0 Å². The van der Waals surface area contributed by atoms with E-state index >= 15 is 0 Å². The molecule has 0 radical (unpaired) electrons. The van der Waals surface area contributed by atoms with E-state index in [1.165, 1.54) is 0 Å². The lowest BCUT2D eigenvalue weighted by atomic mass is 10.2. The third-order valence-electron chi connectivity index (χ3n) is 4.17. The van der Waals surface area contributed by atoms with Crippen LogP contribution in [0.5, 0.6) is 5.75 Å². The van der Waals surface area contributed by atoms with Crippen molar-refractivity contribution in [2.75, 3.05) is 23.3 Å². The number of carbonyl (C=O) groups is 1. The first-order chi connectivity index (χ1) is 14.9. The van der Waals surface area contributed by atoms with Crippen molar-refractivity contribution in [1.29, 1.82) is 0 Å². The number of benzene rings is 2. The molecule has 0 spiro atoms. The maximum absolute atomic E-state index is 12.1. The fourth-order valence-corrected chi connectivity index (χ4v) is 3.67. The van der Waals surface area contributed by atoms with E-state index in [0.717, 1.165) is 23.1 Å². The third-order valence-corrected chi connectivity index (χ3v) is 6.29. The van der Waals surface area contributed by atoms with E-state index in [-0.39, 0.29) is 28.5 Å². The van der Waals surface area contributed by atoms with Crippen molar-refractivity contribution in [3.8, 4) is 17.2 Å². The van der Waals surface area contributed by atoms with Gasteiger partial charge in [0.05, 0.1) is 18.6 Å². The molecule has 2 aromatic carbocycles. The molecule has 0 aliphatic heterocycles. The van der Waals surface area contributed by atoms with E-state index in [9.17, 15) is 13.2 Å². The summed E-state index contributed by atoms with van der Waals surface area (Å²) in [5.41, 5.74) is 2.06. The quantitative estimate of drug-likeness (QED) is 0.441. The Labute approximate surface area is 184 Å². The first kappa shape index (κ1) is 22.6. The van der Waals surface area contributed by atoms with E-state index < -0.39 is 10.0 Å². The lowest BCUT2D eigenvalue weighted by Crippen LogP contribution is -2.24. The molecule has 1 heterocycles. The van der Waals surface area contributed by atoms with Crippen molar-refractivity contribution in [3.05, 3.63) is 54.1 Å². The number of nitrogens with one attached hydrogen (secondary N) is 2. The number of hydrogen-bond donors (Lipinski definition) is 2. The summed E-state index contributed by atoms with van der Waals surface area (Å²) in [6.07, 6.45) is 0. The second-order valence-electron chi connectivity index (χ2n) is 6.37. The highest BCUT2D eigenvalue weighted by atomic mass is 32.2. The second kappa shape index (κ2) is 10.3. The SMILES string of the molecule is CCS(=O)(=O)Nc1ccc(-c2nnc(SCC(=O)NCc3ccc(OC)cc3)o2)cc1. The zero-order valence-electron chi connectivity index (χ0n) is 17.0. The van der Waals surface area contributed by atoms with E-state index in [0.29, 0.717) is 17.8 Å². The Balaban J connectivity index is 1.49. The molecule has 2 N–H and O–H groups in total. The van der Waals surface area contributed by atoms with E-state index in [1.54, 1.807) is 38.3 Å². The molecule has 3 aromatic rings. The summed E-state index contributed by atoms with van der Waals surface area (Å²) in [4.78, 5) is 12.1. The van der Waals surface area contributed by atoms with Crippen LogP contribution in [-0.2, 0) is 21.4 Å². The molecule has 0 fully saturated rings. The first-order valence-electron chi connectivity index (χ1n) is 9.35. The lowest BCUT2D eigenvalue weighted by molar-refractivity contribution is -0.118. The average Bonchev–Trinajstić information content (AvgIpc) is 3.26. The molecule has 0 unspecified atom stereocenters. The standard InChI is InChI=1S/C20H22N4O5S2/c1-3-31(26,27)24-16-8-6-15(7-9-16)19-22-23-20(29-19)30-13-18(25)21-12-14-4-10-17(28-2)11-5-14/h4-11,24H,3,12-13H2,1-2H3,(H,21,25). The Kier molecular flexibility index (Phi) is 7.53. The number of hydrogen-bond acceptors (Lipinski definition) is 8. The van der Waals surface area contributed by atoms with Gasteiger partial charge < -0.3 is 14.5 Å². The van der Waals surface area contributed by atoms with Crippen LogP contribution < -0.4 is 14.8 Å². The monoisotopic (exact) mass is 462 g/mol. The molecule has 3 rings (SSSR count). The topological polar surface area (TPSA) is 123 Å². The van der Waals surface area contributed by atoms with Crippen LogP contribution >= 0.6 is 11.8 Å². The van der Waals surface area contributed by atoms with Gasteiger partial charge >= 0.3 is 0 Å². The van der Waals surface area contributed by atoms with Gasteiger partial charge in [0.2, 0.25) is 21.8 Å². The molecule has 31 heavy (non-hydrogen) atoms. The molecular formula is C20H22N4O5S2. The minimum absolute atomic E-state index is 0.00727.